The first-order valence-corrected chi connectivity index (χ1v) is 7.62. The lowest BCUT2D eigenvalue weighted by Gasteiger charge is -2.23. The number of hydrogen-bond donors (Lipinski definition) is 1. The van der Waals surface area contributed by atoms with Gasteiger partial charge < -0.3 is 19.8 Å². The summed E-state index contributed by atoms with van der Waals surface area (Å²) in [6.07, 6.45) is -3.31. The molecule has 2 N–H and O–H groups in total. The maximum atomic E-state index is 12.7. The van der Waals surface area contributed by atoms with E-state index in [1.807, 2.05) is 0 Å². The van der Waals surface area contributed by atoms with Gasteiger partial charge in [0, 0.05) is 5.02 Å². The van der Waals surface area contributed by atoms with Gasteiger partial charge >= 0.3 is 6.18 Å². The quantitative estimate of drug-likeness (QED) is 0.787. The van der Waals surface area contributed by atoms with E-state index >= 15 is 0 Å². The molecule has 10 heteroatoms. The van der Waals surface area contributed by atoms with Gasteiger partial charge in [0.15, 0.2) is 6.61 Å². The van der Waals surface area contributed by atoms with E-state index in [0.29, 0.717) is 4.90 Å². The van der Waals surface area contributed by atoms with Gasteiger partial charge in [-0.2, -0.15) is 13.2 Å². The van der Waals surface area contributed by atoms with E-state index in [-0.39, 0.29) is 28.6 Å². The molecule has 0 saturated heterocycles. The number of amides is 2. The van der Waals surface area contributed by atoms with Crippen LogP contribution in [-0.4, -0.2) is 36.0 Å². The van der Waals surface area contributed by atoms with Crippen LogP contribution in [0.1, 0.15) is 16.1 Å². The predicted octanol–water partition coefficient (Wildman–Crippen LogP) is 3.00. The van der Waals surface area contributed by atoms with E-state index in [0.717, 1.165) is 0 Å². The second kappa shape index (κ2) is 8.13. The Kier molecular flexibility index (Phi) is 6.14. The van der Waals surface area contributed by atoms with Gasteiger partial charge in [0.1, 0.15) is 18.1 Å². The number of rotatable bonds is 7. The Balaban J connectivity index is 2.10. The molecule has 0 aliphatic heterocycles. The molecule has 1 aromatic carbocycles. The highest BCUT2D eigenvalue weighted by Gasteiger charge is 2.33. The third-order valence-electron chi connectivity index (χ3n) is 3.21. The van der Waals surface area contributed by atoms with Crippen molar-refractivity contribution in [2.75, 3.05) is 13.2 Å². The topological polar surface area (TPSA) is 85.8 Å². The van der Waals surface area contributed by atoms with Crippen molar-refractivity contribution in [2.45, 2.75) is 12.7 Å². The highest BCUT2D eigenvalue weighted by atomic mass is 35.5. The fourth-order valence-corrected chi connectivity index (χ4v) is 2.26. The predicted molar refractivity (Wildman–Crippen MR) is 85.6 cm³/mol. The second-order valence-electron chi connectivity index (χ2n) is 5.24. The number of halogens is 4. The van der Waals surface area contributed by atoms with Gasteiger partial charge in [-0.15, -0.1) is 0 Å². The van der Waals surface area contributed by atoms with Gasteiger partial charge in [-0.05, 0) is 30.3 Å². The van der Waals surface area contributed by atoms with E-state index in [4.69, 9.17) is 26.5 Å². The van der Waals surface area contributed by atoms with E-state index < -0.39 is 31.1 Å². The van der Waals surface area contributed by atoms with Gasteiger partial charge in [-0.3, -0.25) is 9.59 Å². The maximum Gasteiger partial charge on any atom is 0.406 e. The lowest BCUT2D eigenvalue weighted by Crippen LogP contribution is -2.41. The Morgan fingerprint density at radius 3 is 2.58 bits per heavy atom. The van der Waals surface area contributed by atoms with Crippen molar-refractivity contribution in [3.63, 3.8) is 0 Å². The minimum atomic E-state index is -4.60. The molecule has 0 bridgehead atoms. The largest absolute Gasteiger partial charge is 0.483 e. The molecule has 6 nitrogen and oxygen atoms in total. The van der Waals surface area contributed by atoms with Crippen molar-refractivity contribution in [3.05, 3.63) is 52.9 Å². The lowest BCUT2D eigenvalue weighted by atomic mass is 10.2. The zero-order valence-electron chi connectivity index (χ0n) is 13.3. The average Bonchev–Trinajstić information content (AvgIpc) is 3.04. The first-order valence-electron chi connectivity index (χ1n) is 7.25. The molecule has 0 radical (unpaired) electrons. The third kappa shape index (κ3) is 5.69. The van der Waals surface area contributed by atoms with Crippen LogP contribution in [0.15, 0.2) is 41.0 Å². The molecule has 2 rings (SSSR count). The SMILES string of the molecule is NC(=O)c1cc(Cl)ccc1OCC(=O)N(Cc1ccco1)CC(F)(F)F. The molecule has 0 unspecified atom stereocenters. The van der Waals surface area contributed by atoms with E-state index in [2.05, 4.69) is 0 Å². The molecule has 1 aromatic heterocycles. The Morgan fingerprint density at radius 1 is 1.27 bits per heavy atom. The molecule has 140 valence electrons. The monoisotopic (exact) mass is 390 g/mol. The number of carbonyl (C=O) groups excluding carboxylic acids is 2. The minimum absolute atomic E-state index is 0.0554. The number of furan rings is 1. The van der Waals surface area contributed by atoms with Crippen LogP contribution in [0.2, 0.25) is 5.02 Å². The first-order chi connectivity index (χ1) is 12.2. The molecule has 0 saturated carbocycles. The summed E-state index contributed by atoms with van der Waals surface area (Å²) in [5, 5.41) is 0.217. The molecule has 2 amide bonds. The summed E-state index contributed by atoms with van der Waals surface area (Å²) >= 11 is 5.75. The van der Waals surface area contributed by atoms with Crippen molar-refractivity contribution in [1.82, 2.24) is 4.90 Å². The molecule has 0 atom stereocenters. The van der Waals surface area contributed by atoms with Crippen molar-refractivity contribution >= 4 is 23.4 Å². The normalized spacial score (nSPS) is 11.2. The van der Waals surface area contributed by atoms with Gasteiger partial charge in [0.25, 0.3) is 11.8 Å². The molecule has 1 heterocycles. The van der Waals surface area contributed by atoms with E-state index in [1.54, 1.807) is 0 Å². The van der Waals surface area contributed by atoms with Crippen LogP contribution in [0.4, 0.5) is 13.2 Å². The fourth-order valence-electron chi connectivity index (χ4n) is 2.09. The van der Waals surface area contributed by atoms with Gasteiger partial charge in [-0.25, -0.2) is 0 Å². The number of hydrogen-bond acceptors (Lipinski definition) is 4. The Hall–Kier alpha value is -2.68. The number of carbonyl (C=O) groups is 2. The third-order valence-corrected chi connectivity index (χ3v) is 3.44. The number of benzene rings is 1. The lowest BCUT2D eigenvalue weighted by molar-refractivity contribution is -0.164. The maximum absolute atomic E-state index is 12.7. The standard InChI is InChI=1S/C16H14ClF3N2O4/c17-10-3-4-13(12(6-10)15(21)24)26-8-14(23)22(9-16(18,19)20)7-11-2-1-5-25-11/h1-6H,7-9H2,(H2,21,24). The Morgan fingerprint density at radius 2 is 2.00 bits per heavy atom. The van der Waals surface area contributed by atoms with Crippen LogP contribution < -0.4 is 10.5 Å². The number of primary amides is 1. The minimum Gasteiger partial charge on any atom is -0.483 e. The van der Waals surface area contributed by atoms with Crippen LogP contribution in [-0.2, 0) is 11.3 Å². The molecule has 0 aliphatic carbocycles. The average molecular weight is 391 g/mol. The molecule has 0 fully saturated rings. The van der Waals surface area contributed by atoms with Gasteiger partial charge in [0.2, 0.25) is 0 Å². The summed E-state index contributed by atoms with van der Waals surface area (Å²) in [5.74, 6) is -1.66. The van der Waals surface area contributed by atoms with E-state index in [9.17, 15) is 22.8 Å². The molecule has 0 aliphatic rings. The Labute approximate surface area is 151 Å². The smallest absolute Gasteiger partial charge is 0.406 e. The summed E-state index contributed by atoms with van der Waals surface area (Å²) in [5.41, 5.74) is 5.10. The van der Waals surface area contributed by atoms with Crippen molar-refractivity contribution in [1.29, 1.82) is 0 Å². The molecular formula is C16H14ClF3N2O4. The van der Waals surface area contributed by atoms with Crippen LogP contribution in [0.5, 0.6) is 5.75 Å². The fraction of sp³-hybridized carbons (Fsp3) is 0.250. The van der Waals surface area contributed by atoms with Crippen molar-refractivity contribution in [3.8, 4) is 5.75 Å². The zero-order valence-corrected chi connectivity index (χ0v) is 14.0. The zero-order chi connectivity index (χ0) is 19.3. The van der Waals surface area contributed by atoms with Gasteiger partial charge in [-0.1, -0.05) is 11.6 Å². The van der Waals surface area contributed by atoms with E-state index in [1.165, 1.54) is 36.6 Å². The van der Waals surface area contributed by atoms with Gasteiger partial charge in [0.05, 0.1) is 18.4 Å². The summed E-state index contributed by atoms with van der Waals surface area (Å²) < 4.78 is 48.4. The molecule has 2 aromatic rings. The first kappa shape index (κ1) is 19.6. The molecular weight excluding hydrogens is 377 g/mol. The number of alkyl halides is 3. The number of ether oxygens (including phenoxy) is 1. The highest BCUT2D eigenvalue weighted by molar-refractivity contribution is 6.31. The second-order valence-corrected chi connectivity index (χ2v) is 5.67. The van der Waals surface area contributed by atoms with Crippen molar-refractivity contribution < 1.29 is 31.9 Å². The summed E-state index contributed by atoms with van der Waals surface area (Å²) in [7, 11) is 0. The van der Waals surface area contributed by atoms with Crippen LogP contribution >= 0.6 is 11.6 Å². The summed E-state index contributed by atoms with van der Waals surface area (Å²) in [6.45, 7) is -2.57. The highest BCUT2D eigenvalue weighted by Crippen LogP contribution is 2.23. The summed E-state index contributed by atoms with van der Waals surface area (Å²) in [6, 6.07) is 6.87. The number of nitrogens with two attached hydrogens (primary N) is 1. The van der Waals surface area contributed by atoms with Crippen LogP contribution in [0.3, 0.4) is 0 Å². The molecule has 0 spiro atoms. The van der Waals surface area contributed by atoms with Crippen LogP contribution in [0.25, 0.3) is 0 Å². The summed E-state index contributed by atoms with van der Waals surface area (Å²) in [4.78, 5) is 24.1. The van der Waals surface area contributed by atoms with Crippen molar-refractivity contribution in [2.24, 2.45) is 5.73 Å². The van der Waals surface area contributed by atoms with Crippen LogP contribution in [0, 0.1) is 0 Å². The molecule has 26 heavy (non-hydrogen) atoms. The number of nitrogens with zero attached hydrogens (tertiary/aromatic N) is 1. The Bertz CT molecular complexity index is 778.